The number of H-pyrrole nitrogens is 1. The molecule has 0 aliphatic carbocycles. The molecule has 2 N–H and O–H groups in total. The molecule has 5 heteroatoms. The van der Waals surface area contributed by atoms with Crippen LogP contribution < -0.4 is 5.32 Å². The number of fused-ring (bicyclic) bond motifs is 3. The highest BCUT2D eigenvalue weighted by molar-refractivity contribution is 8.07. The molecule has 1 aromatic heterocycles. The number of methoxy groups -OCH3 is 1. The third kappa shape index (κ3) is 3.48. The number of aromatic amines is 1. The van der Waals surface area contributed by atoms with Gasteiger partial charge in [-0.2, -0.15) is 0 Å². The normalized spacial score (nSPS) is 27.4. The van der Waals surface area contributed by atoms with Crippen molar-refractivity contribution in [2.75, 3.05) is 7.11 Å². The van der Waals surface area contributed by atoms with E-state index in [0.29, 0.717) is 6.42 Å². The molecule has 28 heavy (non-hydrogen) atoms. The molecule has 3 heterocycles. The number of esters is 1. The van der Waals surface area contributed by atoms with Crippen LogP contribution in [-0.2, 0) is 16.0 Å². The standard InChI is InChI=1S/C23H24N2O2S/c1-14-9-5-4-6-10-15(2)28-22(14)21-20-17(13-19(25-21)23(26)27-3)16-11-7-8-12-18(16)24-20/h4-8,10-12,19,21,24-25H,2,9,13H2,1,3H3/b5-4-,10-6-,22-14-/t19-,21+/m0/s1. The fraction of sp³-hybridized carbons (Fsp3) is 0.261. The summed E-state index contributed by atoms with van der Waals surface area (Å²) in [4.78, 5) is 18.2. The number of aromatic nitrogens is 1. The highest BCUT2D eigenvalue weighted by atomic mass is 32.2. The number of carbonyl (C=O) groups excluding carboxylic acids is 1. The van der Waals surface area contributed by atoms with Crippen LogP contribution in [0.15, 0.2) is 70.5 Å². The average molecular weight is 393 g/mol. The molecule has 0 saturated heterocycles. The van der Waals surface area contributed by atoms with Crippen molar-refractivity contribution in [3.8, 4) is 0 Å². The predicted octanol–water partition coefficient (Wildman–Crippen LogP) is 4.93. The third-order valence-electron chi connectivity index (χ3n) is 5.27. The summed E-state index contributed by atoms with van der Waals surface area (Å²) in [5.41, 5.74) is 4.67. The molecule has 0 bridgehead atoms. The van der Waals surface area contributed by atoms with Gasteiger partial charge in [-0.3, -0.25) is 10.1 Å². The van der Waals surface area contributed by atoms with Gasteiger partial charge in [0.05, 0.1) is 13.2 Å². The van der Waals surface area contributed by atoms with Gasteiger partial charge in [0.2, 0.25) is 0 Å². The van der Waals surface area contributed by atoms with Gasteiger partial charge in [0.15, 0.2) is 0 Å². The summed E-state index contributed by atoms with van der Waals surface area (Å²) < 4.78 is 5.07. The van der Waals surface area contributed by atoms with Crippen LogP contribution in [0.3, 0.4) is 0 Å². The average Bonchev–Trinajstić information content (AvgIpc) is 3.11. The summed E-state index contributed by atoms with van der Waals surface area (Å²) in [6.07, 6.45) is 9.71. The number of ether oxygens (including phenoxy) is 1. The Morgan fingerprint density at radius 1 is 1.29 bits per heavy atom. The van der Waals surface area contributed by atoms with Crippen molar-refractivity contribution < 1.29 is 9.53 Å². The van der Waals surface area contributed by atoms with Crippen molar-refractivity contribution in [2.45, 2.75) is 31.8 Å². The summed E-state index contributed by atoms with van der Waals surface area (Å²) >= 11 is 1.67. The third-order valence-corrected chi connectivity index (χ3v) is 6.48. The van der Waals surface area contributed by atoms with E-state index >= 15 is 0 Å². The van der Waals surface area contributed by atoms with Crippen molar-refractivity contribution in [3.63, 3.8) is 0 Å². The second kappa shape index (κ2) is 7.86. The first kappa shape index (κ1) is 18.8. The fourth-order valence-electron chi connectivity index (χ4n) is 3.89. The molecule has 0 amide bonds. The fourth-order valence-corrected chi connectivity index (χ4v) is 4.88. The smallest absolute Gasteiger partial charge is 0.323 e. The van der Waals surface area contributed by atoms with Crippen LogP contribution in [-0.4, -0.2) is 24.1 Å². The Balaban J connectivity index is 1.86. The molecule has 4 nitrogen and oxygen atoms in total. The lowest BCUT2D eigenvalue weighted by Gasteiger charge is -2.32. The van der Waals surface area contributed by atoms with E-state index in [1.807, 2.05) is 24.3 Å². The van der Waals surface area contributed by atoms with Crippen molar-refractivity contribution in [2.24, 2.45) is 0 Å². The minimum absolute atomic E-state index is 0.109. The van der Waals surface area contributed by atoms with Crippen molar-refractivity contribution in [1.29, 1.82) is 0 Å². The minimum Gasteiger partial charge on any atom is -0.468 e. The number of hydrogen-bond acceptors (Lipinski definition) is 4. The molecule has 2 atom stereocenters. The Bertz CT molecular complexity index is 1030. The van der Waals surface area contributed by atoms with Crippen LogP contribution in [0.5, 0.6) is 0 Å². The first-order chi connectivity index (χ1) is 13.6. The summed E-state index contributed by atoms with van der Waals surface area (Å²) in [7, 11) is 1.44. The van der Waals surface area contributed by atoms with Gasteiger partial charge >= 0.3 is 5.97 Å². The molecule has 0 saturated carbocycles. The quantitative estimate of drug-likeness (QED) is 0.712. The molecule has 2 aromatic rings. The number of nitrogens with one attached hydrogen (secondary N) is 2. The van der Waals surface area contributed by atoms with E-state index in [0.717, 1.165) is 22.5 Å². The number of hydrogen-bond donors (Lipinski definition) is 2. The molecule has 2 aliphatic heterocycles. The van der Waals surface area contributed by atoms with Crippen molar-refractivity contribution >= 4 is 28.6 Å². The first-order valence-corrected chi connectivity index (χ1v) is 10.2. The highest BCUT2D eigenvalue weighted by Gasteiger charge is 2.36. The van der Waals surface area contributed by atoms with E-state index in [4.69, 9.17) is 4.74 Å². The van der Waals surface area contributed by atoms with Crippen molar-refractivity contribution in [1.82, 2.24) is 10.3 Å². The molecule has 1 aromatic carbocycles. The van der Waals surface area contributed by atoms with E-state index < -0.39 is 0 Å². The molecule has 4 rings (SSSR count). The molecule has 0 fully saturated rings. The van der Waals surface area contributed by atoms with Crippen LogP contribution in [0.4, 0.5) is 0 Å². The number of thioether (sulfide) groups is 1. The highest BCUT2D eigenvalue weighted by Crippen LogP contribution is 2.43. The van der Waals surface area contributed by atoms with E-state index in [2.05, 4.69) is 48.1 Å². The molecule has 0 unspecified atom stereocenters. The second-order valence-electron chi connectivity index (χ2n) is 7.15. The zero-order chi connectivity index (χ0) is 19.7. The maximum absolute atomic E-state index is 12.4. The zero-order valence-electron chi connectivity index (χ0n) is 16.1. The van der Waals surface area contributed by atoms with Gasteiger partial charge in [-0.25, -0.2) is 0 Å². The Labute approximate surface area is 169 Å². The number of allylic oxidation sites excluding steroid dienone is 5. The molecule has 0 spiro atoms. The first-order valence-electron chi connectivity index (χ1n) is 9.41. The summed E-state index contributed by atoms with van der Waals surface area (Å²) in [5.74, 6) is -0.231. The lowest BCUT2D eigenvalue weighted by Crippen LogP contribution is -2.45. The Morgan fingerprint density at radius 2 is 2.11 bits per heavy atom. The van der Waals surface area contributed by atoms with Gasteiger partial charge < -0.3 is 9.72 Å². The summed E-state index contributed by atoms with van der Waals surface area (Å²) in [5, 5.41) is 4.71. The SMILES string of the molecule is C=C1/C=C\C=C/C/C(C)=C(/[C@@H]2N[C@H](C(=O)OC)Cc3c2[nH]c2ccccc32)S1. The monoisotopic (exact) mass is 392 g/mol. The summed E-state index contributed by atoms with van der Waals surface area (Å²) in [6.45, 7) is 6.33. The van der Waals surface area contributed by atoms with E-state index in [1.165, 1.54) is 28.5 Å². The predicted molar refractivity (Wildman–Crippen MR) is 116 cm³/mol. The number of para-hydroxylation sites is 1. The van der Waals surface area contributed by atoms with Crippen molar-refractivity contribution in [3.05, 3.63) is 81.8 Å². The van der Waals surface area contributed by atoms with Gasteiger partial charge in [0.25, 0.3) is 0 Å². The van der Waals surface area contributed by atoms with E-state index in [9.17, 15) is 4.79 Å². The second-order valence-corrected chi connectivity index (χ2v) is 8.32. The largest absolute Gasteiger partial charge is 0.468 e. The maximum atomic E-state index is 12.4. The molecule has 2 aliphatic rings. The number of rotatable bonds is 2. The molecule has 144 valence electrons. The maximum Gasteiger partial charge on any atom is 0.323 e. The van der Waals surface area contributed by atoms with Crippen LogP contribution in [0.25, 0.3) is 10.9 Å². The van der Waals surface area contributed by atoms with Crippen LogP contribution in [0.2, 0.25) is 0 Å². The Morgan fingerprint density at radius 3 is 2.93 bits per heavy atom. The van der Waals surface area contributed by atoms with Crippen LogP contribution in [0, 0.1) is 0 Å². The van der Waals surface area contributed by atoms with Crippen LogP contribution >= 0.6 is 11.8 Å². The molecular weight excluding hydrogens is 368 g/mol. The van der Waals surface area contributed by atoms with Gasteiger partial charge in [-0.15, -0.1) is 0 Å². The van der Waals surface area contributed by atoms with Crippen LogP contribution in [0.1, 0.15) is 30.6 Å². The number of carbonyl (C=O) groups is 1. The topological polar surface area (TPSA) is 54.1 Å². The van der Waals surface area contributed by atoms with Gasteiger partial charge in [-0.1, -0.05) is 60.3 Å². The van der Waals surface area contributed by atoms with Gasteiger partial charge in [-0.05, 0) is 31.1 Å². The van der Waals surface area contributed by atoms with Gasteiger partial charge in [0, 0.05) is 32.8 Å². The Hall–Kier alpha value is -2.50. The van der Waals surface area contributed by atoms with E-state index in [-0.39, 0.29) is 18.1 Å². The zero-order valence-corrected chi connectivity index (χ0v) is 16.9. The lowest BCUT2D eigenvalue weighted by atomic mass is 9.92. The van der Waals surface area contributed by atoms with E-state index in [1.54, 1.807) is 11.8 Å². The lowest BCUT2D eigenvalue weighted by molar-refractivity contribution is -0.143. The summed E-state index contributed by atoms with van der Waals surface area (Å²) in [6, 6.07) is 7.78. The minimum atomic E-state index is -0.380. The number of benzene rings is 1. The Kier molecular flexibility index (Phi) is 5.29. The molecular formula is C23H24N2O2S. The molecule has 0 radical (unpaired) electrons. The van der Waals surface area contributed by atoms with Gasteiger partial charge in [0.1, 0.15) is 6.04 Å².